The second-order valence-corrected chi connectivity index (χ2v) is 6.70. The van der Waals surface area contributed by atoms with Gasteiger partial charge in [0, 0.05) is 17.7 Å². The maximum absolute atomic E-state index is 12.1. The van der Waals surface area contributed by atoms with Crippen molar-refractivity contribution in [2.24, 2.45) is 0 Å². The van der Waals surface area contributed by atoms with Crippen LogP contribution in [0.15, 0.2) is 23.0 Å². The van der Waals surface area contributed by atoms with Crippen LogP contribution in [0.3, 0.4) is 0 Å². The van der Waals surface area contributed by atoms with Crippen molar-refractivity contribution in [2.45, 2.75) is 32.7 Å². The third kappa shape index (κ3) is 4.69. The lowest BCUT2D eigenvalue weighted by atomic mass is 10.1. The normalized spacial score (nSPS) is 12.0. The Morgan fingerprint density at radius 2 is 2.00 bits per heavy atom. The van der Waals surface area contributed by atoms with E-state index in [9.17, 15) is 9.59 Å². The van der Waals surface area contributed by atoms with Gasteiger partial charge in [0.1, 0.15) is 0 Å². The van der Waals surface area contributed by atoms with Crippen LogP contribution in [0.2, 0.25) is 10.0 Å². The maximum Gasteiger partial charge on any atom is 0.255 e. The van der Waals surface area contributed by atoms with Crippen molar-refractivity contribution in [1.29, 1.82) is 0 Å². The molecule has 1 heterocycles. The van der Waals surface area contributed by atoms with Crippen LogP contribution in [0.4, 0.5) is 0 Å². The van der Waals surface area contributed by atoms with Crippen molar-refractivity contribution in [3.8, 4) is 0 Å². The van der Waals surface area contributed by atoms with Crippen LogP contribution in [-0.2, 0) is 11.2 Å². The Labute approximate surface area is 154 Å². The largest absolute Gasteiger partial charge is 0.350 e. The van der Waals surface area contributed by atoms with Crippen LogP contribution in [0.25, 0.3) is 0 Å². The van der Waals surface area contributed by atoms with Crippen LogP contribution in [0.5, 0.6) is 0 Å². The van der Waals surface area contributed by atoms with Crippen LogP contribution in [-0.4, -0.2) is 15.9 Å². The number of amides is 1. The summed E-state index contributed by atoms with van der Waals surface area (Å²) in [5.74, 6) is -0.158. The summed E-state index contributed by atoms with van der Waals surface area (Å²) in [5.41, 5.74) is 1.80. The van der Waals surface area contributed by atoms with Gasteiger partial charge < -0.3 is 10.3 Å². The van der Waals surface area contributed by atoms with Crippen molar-refractivity contribution in [3.05, 3.63) is 60.2 Å². The predicted octanol–water partition coefficient (Wildman–Crippen LogP) is 3.86. The van der Waals surface area contributed by atoms with E-state index in [2.05, 4.69) is 15.3 Å². The minimum Gasteiger partial charge on any atom is -0.350 e. The number of hydrogen-bond acceptors (Lipinski definition) is 3. The fraction of sp³-hybridized carbons (Fsp3) is 0.312. The number of rotatable bonds is 5. The summed E-state index contributed by atoms with van der Waals surface area (Å²) < 4.78 is 0.277. The van der Waals surface area contributed by atoms with Gasteiger partial charge in [-0.15, -0.1) is 0 Å². The van der Waals surface area contributed by atoms with E-state index < -0.39 is 0 Å². The number of carbonyl (C=O) groups is 1. The molecule has 0 aliphatic rings. The lowest BCUT2D eigenvalue weighted by Gasteiger charge is -2.15. The zero-order valence-electron chi connectivity index (χ0n) is 13.2. The van der Waals surface area contributed by atoms with Crippen LogP contribution in [0, 0.1) is 11.7 Å². The Balaban J connectivity index is 1.99. The Kier molecular flexibility index (Phi) is 6.21. The molecule has 0 saturated carbocycles. The molecule has 1 unspecified atom stereocenters. The van der Waals surface area contributed by atoms with Gasteiger partial charge in [0.15, 0.2) is 4.77 Å². The highest BCUT2D eigenvalue weighted by molar-refractivity contribution is 7.71. The van der Waals surface area contributed by atoms with Gasteiger partial charge in [-0.25, -0.2) is 0 Å². The number of aryl methyl sites for hydroxylation is 1. The third-order valence-corrected chi connectivity index (χ3v) is 4.62. The number of benzene rings is 1. The molecule has 0 bridgehead atoms. The Morgan fingerprint density at radius 1 is 1.29 bits per heavy atom. The summed E-state index contributed by atoms with van der Waals surface area (Å²) in [4.78, 5) is 29.4. The molecule has 5 nitrogen and oxygen atoms in total. The molecule has 1 aromatic heterocycles. The van der Waals surface area contributed by atoms with Gasteiger partial charge in [0.2, 0.25) is 5.91 Å². The summed E-state index contributed by atoms with van der Waals surface area (Å²) in [5, 5.41) is 3.79. The first kappa shape index (κ1) is 18.7. The number of aromatic nitrogens is 2. The lowest BCUT2D eigenvalue weighted by Crippen LogP contribution is -2.28. The van der Waals surface area contributed by atoms with Gasteiger partial charge in [0.25, 0.3) is 5.56 Å². The molecule has 0 fully saturated rings. The van der Waals surface area contributed by atoms with E-state index in [0.29, 0.717) is 27.7 Å². The number of aromatic amines is 2. The summed E-state index contributed by atoms with van der Waals surface area (Å²) in [6.07, 6.45) is 0.521. The first-order valence-electron chi connectivity index (χ1n) is 7.34. The van der Waals surface area contributed by atoms with E-state index in [1.165, 1.54) is 0 Å². The predicted molar refractivity (Wildman–Crippen MR) is 98.3 cm³/mol. The van der Waals surface area contributed by atoms with Crippen molar-refractivity contribution < 1.29 is 4.79 Å². The zero-order valence-corrected chi connectivity index (χ0v) is 15.5. The second kappa shape index (κ2) is 7.96. The number of nitrogens with one attached hydrogen (secondary N) is 3. The number of hydrogen-bond donors (Lipinski definition) is 3. The Morgan fingerprint density at radius 3 is 2.62 bits per heavy atom. The van der Waals surface area contributed by atoms with Crippen molar-refractivity contribution in [3.63, 3.8) is 0 Å². The molecule has 24 heavy (non-hydrogen) atoms. The summed E-state index contributed by atoms with van der Waals surface area (Å²) >= 11 is 16.8. The highest BCUT2D eigenvalue weighted by Gasteiger charge is 2.13. The van der Waals surface area contributed by atoms with E-state index in [1.807, 2.05) is 13.0 Å². The molecule has 0 aliphatic heterocycles. The van der Waals surface area contributed by atoms with E-state index in [4.69, 9.17) is 35.4 Å². The Hall–Kier alpha value is -1.63. The second-order valence-electron chi connectivity index (χ2n) is 5.47. The first-order valence-corrected chi connectivity index (χ1v) is 8.50. The van der Waals surface area contributed by atoms with Gasteiger partial charge in [-0.05, 0) is 50.2 Å². The lowest BCUT2D eigenvalue weighted by molar-refractivity contribution is -0.121. The smallest absolute Gasteiger partial charge is 0.255 e. The molecule has 1 amide bonds. The fourth-order valence-electron chi connectivity index (χ4n) is 2.34. The van der Waals surface area contributed by atoms with E-state index in [0.717, 1.165) is 5.56 Å². The molecule has 128 valence electrons. The van der Waals surface area contributed by atoms with Gasteiger partial charge in [-0.2, -0.15) is 0 Å². The first-order chi connectivity index (χ1) is 11.3. The molecule has 0 saturated heterocycles. The highest BCUT2D eigenvalue weighted by atomic mass is 35.5. The third-order valence-electron chi connectivity index (χ3n) is 3.68. The van der Waals surface area contributed by atoms with Gasteiger partial charge >= 0.3 is 0 Å². The SMILES string of the molecule is Cc1[nH]c(=S)[nH]c(=O)c1CCC(=O)NC(C)c1ccc(Cl)c(Cl)c1. The number of halogens is 2. The van der Waals surface area contributed by atoms with Crippen molar-refractivity contribution >= 4 is 41.3 Å². The standard InChI is InChI=1S/C16H17Cl2N3O2S/c1-8(10-3-5-12(17)13(18)7-10)19-14(22)6-4-11-9(2)20-16(24)21-15(11)23/h3,5,7-8H,4,6H2,1-2H3,(H,19,22)(H2,20,21,23,24). The molecule has 0 radical (unpaired) electrons. The molecular weight excluding hydrogens is 369 g/mol. The quantitative estimate of drug-likeness (QED) is 0.683. The summed E-state index contributed by atoms with van der Waals surface area (Å²) in [7, 11) is 0. The molecule has 0 spiro atoms. The van der Waals surface area contributed by atoms with Crippen molar-refractivity contribution in [2.75, 3.05) is 0 Å². The summed E-state index contributed by atoms with van der Waals surface area (Å²) in [6.45, 7) is 3.62. The zero-order chi connectivity index (χ0) is 17.9. The minimum absolute atomic E-state index is 0.158. The van der Waals surface area contributed by atoms with Crippen LogP contribution in [0.1, 0.15) is 36.2 Å². The van der Waals surface area contributed by atoms with E-state index in [1.54, 1.807) is 19.1 Å². The fourth-order valence-corrected chi connectivity index (χ4v) is 2.90. The number of carbonyl (C=O) groups excluding carboxylic acids is 1. The monoisotopic (exact) mass is 385 g/mol. The number of H-pyrrole nitrogens is 2. The molecule has 2 aromatic rings. The average molecular weight is 386 g/mol. The molecule has 8 heteroatoms. The Bertz CT molecular complexity index is 876. The summed E-state index contributed by atoms with van der Waals surface area (Å²) in [6, 6.07) is 5.01. The molecule has 3 N–H and O–H groups in total. The van der Waals surface area contributed by atoms with E-state index >= 15 is 0 Å². The van der Waals surface area contributed by atoms with Crippen molar-refractivity contribution in [1.82, 2.24) is 15.3 Å². The molecule has 0 aliphatic carbocycles. The van der Waals surface area contributed by atoms with Gasteiger partial charge in [0.05, 0.1) is 16.1 Å². The van der Waals surface area contributed by atoms with Gasteiger partial charge in [-0.3, -0.25) is 14.6 Å². The van der Waals surface area contributed by atoms with Gasteiger partial charge in [-0.1, -0.05) is 29.3 Å². The van der Waals surface area contributed by atoms with Crippen LogP contribution < -0.4 is 10.9 Å². The topological polar surface area (TPSA) is 77.8 Å². The average Bonchev–Trinajstić information content (AvgIpc) is 2.48. The molecular formula is C16H17Cl2N3O2S. The van der Waals surface area contributed by atoms with E-state index in [-0.39, 0.29) is 28.7 Å². The molecule has 1 atom stereocenters. The highest BCUT2D eigenvalue weighted by Crippen LogP contribution is 2.25. The molecule has 2 rings (SSSR count). The maximum atomic E-state index is 12.1. The minimum atomic E-state index is -0.262. The molecule has 1 aromatic carbocycles. The van der Waals surface area contributed by atoms with Crippen LogP contribution >= 0.6 is 35.4 Å².